The zero-order valence-corrected chi connectivity index (χ0v) is 7.12. The number of methoxy groups -OCH3 is 1. The zero-order chi connectivity index (χ0) is 7.49. The SMILES string of the molecule is COC(C)(C)C[C](C)C. The summed E-state index contributed by atoms with van der Waals surface area (Å²) in [6, 6.07) is 0. The molecule has 0 aromatic heterocycles. The molecule has 0 aliphatic carbocycles. The average molecular weight is 129 g/mol. The second kappa shape index (κ2) is 3.21. The Balaban J connectivity index is 3.58. The fourth-order valence-corrected chi connectivity index (χ4v) is 0.924. The molecule has 0 aliphatic rings. The molecule has 0 bridgehead atoms. The topological polar surface area (TPSA) is 9.23 Å². The summed E-state index contributed by atoms with van der Waals surface area (Å²) in [4.78, 5) is 0. The lowest BCUT2D eigenvalue weighted by atomic mass is 9.96. The van der Waals surface area contributed by atoms with Gasteiger partial charge in [-0.25, -0.2) is 0 Å². The summed E-state index contributed by atoms with van der Waals surface area (Å²) in [5.74, 6) is 1.42. The van der Waals surface area contributed by atoms with Gasteiger partial charge in [0.1, 0.15) is 0 Å². The van der Waals surface area contributed by atoms with Crippen molar-refractivity contribution in [2.24, 2.45) is 0 Å². The van der Waals surface area contributed by atoms with Crippen LogP contribution in [0, 0.1) is 5.92 Å². The van der Waals surface area contributed by atoms with E-state index in [-0.39, 0.29) is 5.60 Å². The Kier molecular flexibility index (Phi) is 3.20. The van der Waals surface area contributed by atoms with Gasteiger partial charge < -0.3 is 4.74 Å². The van der Waals surface area contributed by atoms with E-state index in [0.717, 1.165) is 6.42 Å². The molecular formula is C8H17O. The first-order valence-electron chi connectivity index (χ1n) is 3.32. The summed E-state index contributed by atoms with van der Waals surface area (Å²) in [6.07, 6.45) is 1.05. The summed E-state index contributed by atoms with van der Waals surface area (Å²) >= 11 is 0. The fraction of sp³-hybridized carbons (Fsp3) is 0.875. The van der Waals surface area contributed by atoms with Crippen molar-refractivity contribution in [2.75, 3.05) is 7.11 Å². The highest BCUT2D eigenvalue weighted by atomic mass is 16.5. The molecule has 0 heterocycles. The highest BCUT2D eigenvalue weighted by molar-refractivity contribution is 4.86. The molecule has 0 N–H and O–H groups in total. The average Bonchev–Trinajstić information content (AvgIpc) is 1.63. The maximum atomic E-state index is 5.23. The highest BCUT2D eigenvalue weighted by Crippen LogP contribution is 2.19. The Labute approximate surface area is 58.4 Å². The number of rotatable bonds is 3. The molecule has 0 fully saturated rings. The van der Waals surface area contributed by atoms with Crippen molar-refractivity contribution in [2.45, 2.75) is 39.7 Å². The van der Waals surface area contributed by atoms with Crippen LogP contribution in [0.2, 0.25) is 0 Å². The van der Waals surface area contributed by atoms with E-state index in [1.54, 1.807) is 7.11 Å². The van der Waals surface area contributed by atoms with Crippen LogP contribution in [0.1, 0.15) is 34.1 Å². The van der Waals surface area contributed by atoms with Crippen LogP contribution >= 0.6 is 0 Å². The van der Waals surface area contributed by atoms with Gasteiger partial charge in [0, 0.05) is 7.11 Å². The van der Waals surface area contributed by atoms with Crippen molar-refractivity contribution in [1.29, 1.82) is 0 Å². The van der Waals surface area contributed by atoms with Gasteiger partial charge >= 0.3 is 0 Å². The van der Waals surface area contributed by atoms with Gasteiger partial charge in [0.05, 0.1) is 5.60 Å². The second-order valence-corrected chi connectivity index (χ2v) is 3.35. The van der Waals surface area contributed by atoms with Crippen LogP contribution < -0.4 is 0 Å². The number of hydrogen-bond donors (Lipinski definition) is 0. The fourth-order valence-electron chi connectivity index (χ4n) is 0.924. The Hall–Kier alpha value is -0.0400. The van der Waals surface area contributed by atoms with Crippen molar-refractivity contribution < 1.29 is 4.74 Å². The molecule has 0 spiro atoms. The van der Waals surface area contributed by atoms with Gasteiger partial charge in [0.15, 0.2) is 0 Å². The van der Waals surface area contributed by atoms with Gasteiger partial charge in [0.2, 0.25) is 0 Å². The molecule has 55 valence electrons. The molecule has 0 amide bonds. The third-order valence-corrected chi connectivity index (χ3v) is 1.33. The minimum absolute atomic E-state index is 0.0266. The Morgan fingerprint density at radius 1 is 1.33 bits per heavy atom. The minimum Gasteiger partial charge on any atom is -0.379 e. The zero-order valence-electron chi connectivity index (χ0n) is 7.12. The largest absolute Gasteiger partial charge is 0.379 e. The van der Waals surface area contributed by atoms with Gasteiger partial charge in [-0.1, -0.05) is 13.8 Å². The third-order valence-electron chi connectivity index (χ3n) is 1.33. The van der Waals surface area contributed by atoms with Crippen LogP contribution in [0.5, 0.6) is 0 Å². The van der Waals surface area contributed by atoms with E-state index in [0.29, 0.717) is 0 Å². The normalized spacial score (nSPS) is 12.7. The lowest BCUT2D eigenvalue weighted by Gasteiger charge is -2.24. The van der Waals surface area contributed by atoms with E-state index in [4.69, 9.17) is 4.74 Å². The lowest BCUT2D eigenvalue weighted by molar-refractivity contribution is 0.0191. The molecule has 1 nitrogen and oxygen atoms in total. The van der Waals surface area contributed by atoms with Gasteiger partial charge in [0.25, 0.3) is 0 Å². The standard InChI is InChI=1S/C8H17O/c1-7(2)6-8(3,4)9-5/h6H2,1-5H3. The molecule has 9 heavy (non-hydrogen) atoms. The van der Waals surface area contributed by atoms with Crippen LogP contribution in [-0.4, -0.2) is 12.7 Å². The highest BCUT2D eigenvalue weighted by Gasteiger charge is 2.17. The number of ether oxygens (including phenoxy) is 1. The summed E-state index contributed by atoms with van der Waals surface area (Å²) in [6.45, 7) is 8.45. The molecule has 0 rings (SSSR count). The van der Waals surface area contributed by atoms with Crippen molar-refractivity contribution in [3.63, 3.8) is 0 Å². The van der Waals surface area contributed by atoms with Crippen LogP contribution in [0.3, 0.4) is 0 Å². The van der Waals surface area contributed by atoms with Gasteiger partial charge in [-0.3, -0.25) is 0 Å². The van der Waals surface area contributed by atoms with Crippen molar-refractivity contribution in [3.8, 4) is 0 Å². The number of hydrogen-bond acceptors (Lipinski definition) is 1. The summed E-state index contributed by atoms with van der Waals surface area (Å²) < 4.78 is 5.23. The molecule has 0 saturated carbocycles. The molecule has 0 aromatic carbocycles. The van der Waals surface area contributed by atoms with E-state index in [1.807, 2.05) is 0 Å². The minimum atomic E-state index is 0.0266. The molecule has 0 atom stereocenters. The maximum Gasteiger partial charge on any atom is 0.0628 e. The summed E-state index contributed by atoms with van der Waals surface area (Å²) in [5.41, 5.74) is 0.0266. The van der Waals surface area contributed by atoms with Crippen LogP contribution in [0.25, 0.3) is 0 Å². The molecule has 0 aliphatic heterocycles. The smallest absolute Gasteiger partial charge is 0.0628 e. The van der Waals surface area contributed by atoms with Crippen molar-refractivity contribution in [1.82, 2.24) is 0 Å². The molecule has 0 unspecified atom stereocenters. The Morgan fingerprint density at radius 3 is 1.89 bits per heavy atom. The molecular weight excluding hydrogens is 112 g/mol. The van der Waals surface area contributed by atoms with E-state index in [9.17, 15) is 0 Å². The van der Waals surface area contributed by atoms with Gasteiger partial charge in [-0.15, -0.1) is 0 Å². The van der Waals surface area contributed by atoms with E-state index >= 15 is 0 Å². The predicted molar refractivity (Wildman–Crippen MR) is 40.3 cm³/mol. The van der Waals surface area contributed by atoms with Gasteiger partial charge in [-0.2, -0.15) is 0 Å². The van der Waals surface area contributed by atoms with E-state index < -0.39 is 0 Å². The Morgan fingerprint density at radius 2 is 1.78 bits per heavy atom. The van der Waals surface area contributed by atoms with Gasteiger partial charge in [-0.05, 0) is 26.2 Å². The van der Waals surface area contributed by atoms with Crippen molar-refractivity contribution >= 4 is 0 Å². The third kappa shape index (κ3) is 4.46. The first-order valence-corrected chi connectivity index (χ1v) is 3.32. The second-order valence-electron chi connectivity index (χ2n) is 3.35. The van der Waals surface area contributed by atoms with Crippen LogP contribution in [0.15, 0.2) is 0 Å². The lowest BCUT2D eigenvalue weighted by Crippen LogP contribution is -2.23. The molecule has 1 radical (unpaired) electrons. The van der Waals surface area contributed by atoms with Crippen LogP contribution in [0.4, 0.5) is 0 Å². The first-order chi connectivity index (χ1) is 3.98. The summed E-state index contributed by atoms with van der Waals surface area (Å²) in [5, 5.41) is 0. The first kappa shape index (κ1) is 8.96. The molecule has 0 saturated heterocycles. The van der Waals surface area contributed by atoms with E-state index in [1.165, 1.54) is 5.92 Å². The van der Waals surface area contributed by atoms with Crippen LogP contribution in [-0.2, 0) is 4.74 Å². The van der Waals surface area contributed by atoms with E-state index in [2.05, 4.69) is 27.7 Å². The molecule has 1 heteroatoms. The monoisotopic (exact) mass is 129 g/mol. The maximum absolute atomic E-state index is 5.23. The Bertz CT molecular complexity index is 74.6. The quantitative estimate of drug-likeness (QED) is 0.568. The van der Waals surface area contributed by atoms with Crippen molar-refractivity contribution in [3.05, 3.63) is 5.92 Å². The summed E-state index contributed by atoms with van der Waals surface area (Å²) in [7, 11) is 1.75. The molecule has 0 aromatic rings. The predicted octanol–water partition coefficient (Wildman–Crippen LogP) is 2.42.